The molecule has 0 saturated carbocycles. The summed E-state index contributed by atoms with van der Waals surface area (Å²) in [5.74, 6) is -0.128. The van der Waals surface area contributed by atoms with E-state index in [0.717, 1.165) is 16.3 Å². The summed E-state index contributed by atoms with van der Waals surface area (Å²) in [6.45, 7) is 4.17. The summed E-state index contributed by atoms with van der Waals surface area (Å²) >= 11 is 8.84. The van der Waals surface area contributed by atoms with E-state index < -0.39 is 11.9 Å². The SMILES string of the molecule is CCn1c(SCC(=O)OCC(=O)Nc2ccc(C)c(Cl)c2)nnc1-c1cccs1. The van der Waals surface area contributed by atoms with Crippen molar-refractivity contribution in [3.05, 3.63) is 46.3 Å². The quantitative estimate of drug-likeness (QED) is 0.407. The van der Waals surface area contributed by atoms with Crippen molar-refractivity contribution >= 4 is 52.3 Å². The number of anilines is 1. The molecule has 1 amide bonds. The highest BCUT2D eigenvalue weighted by atomic mass is 35.5. The smallest absolute Gasteiger partial charge is 0.316 e. The first kappa shape index (κ1) is 21.4. The van der Waals surface area contributed by atoms with E-state index in [0.29, 0.717) is 22.4 Å². The normalized spacial score (nSPS) is 10.7. The number of esters is 1. The monoisotopic (exact) mass is 450 g/mol. The number of hydrogen-bond acceptors (Lipinski definition) is 7. The fourth-order valence-corrected chi connectivity index (χ4v) is 4.15. The number of hydrogen-bond donors (Lipinski definition) is 1. The fourth-order valence-electron chi connectivity index (χ4n) is 2.45. The molecule has 0 aliphatic heterocycles. The van der Waals surface area contributed by atoms with Crippen molar-refractivity contribution in [2.75, 3.05) is 17.7 Å². The lowest BCUT2D eigenvalue weighted by Gasteiger charge is -2.08. The maximum atomic E-state index is 12.0. The predicted octanol–water partition coefficient (Wildman–Crippen LogP) is 4.26. The van der Waals surface area contributed by atoms with Crippen molar-refractivity contribution in [2.45, 2.75) is 25.5 Å². The topological polar surface area (TPSA) is 86.1 Å². The van der Waals surface area contributed by atoms with Gasteiger partial charge < -0.3 is 14.6 Å². The zero-order chi connectivity index (χ0) is 20.8. The number of nitrogens with one attached hydrogen (secondary N) is 1. The number of halogens is 1. The van der Waals surface area contributed by atoms with E-state index in [1.54, 1.807) is 29.5 Å². The Morgan fingerprint density at radius 2 is 2.14 bits per heavy atom. The zero-order valence-corrected chi connectivity index (χ0v) is 18.2. The highest BCUT2D eigenvalue weighted by molar-refractivity contribution is 7.99. The highest BCUT2D eigenvalue weighted by Crippen LogP contribution is 2.27. The average Bonchev–Trinajstić information content (AvgIpc) is 3.36. The molecule has 3 rings (SSSR count). The van der Waals surface area contributed by atoms with E-state index in [9.17, 15) is 9.59 Å². The Hall–Kier alpha value is -2.36. The fraction of sp³-hybridized carbons (Fsp3) is 0.263. The van der Waals surface area contributed by atoms with Gasteiger partial charge in [0.2, 0.25) is 0 Å². The second-order valence-electron chi connectivity index (χ2n) is 5.99. The van der Waals surface area contributed by atoms with Gasteiger partial charge in [-0.3, -0.25) is 9.59 Å². The summed E-state index contributed by atoms with van der Waals surface area (Å²) in [6.07, 6.45) is 0. The molecule has 2 heterocycles. The van der Waals surface area contributed by atoms with Crippen molar-refractivity contribution < 1.29 is 14.3 Å². The Balaban J connectivity index is 1.49. The lowest BCUT2D eigenvalue weighted by Crippen LogP contribution is -2.21. The molecule has 0 aliphatic carbocycles. The van der Waals surface area contributed by atoms with Crippen LogP contribution in [0.5, 0.6) is 0 Å². The number of rotatable bonds is 8. The number of thiophene rings is 1. The molecule has 29 heavy (non-hydrogen) atoms. The van der Waals surface area contributed by atoms with Gasteiger partial charge in [-0.05, 0) is 43.0 Å². The Kier molecular flexibility index (Phi) is 7.29. The molecule has 10 heteroatoms. The molecule has 1 aromatic carbocycles. The van der Waals surface area contributed by atoms with Crippen LogP contribution in [0.15, 0.2) is 40.9 Å². The molecule has 1 N–H and O–H groups in total. The van der Waals surface area contributed by atoms with E-state index >= 15 is 0 Å². The maximum Gasteiger partial charge on any atom is 0.316 e. The molecule has 0 unspecified atom stereocenters. The maximum absolute atomic E-state index is 12.0. The standard InChI is InChI=1S/C19H19ClN4O3S2/c1-3-24-18(15-5-4-8-28-15)22-23-19(24)29-11-17(26)27-10-16(25)21-13-7-6-12(2)14(20)9-13/h4-9H,3,10-11H2,1-2H3,(H,21,25). The van der Waals surface area contributed by atoms with Gasteiger partial charge in [0.1, 0.15) is 0 Å². The zero-order valence-electron chi connectivity index (χ0n) is 15.8. The van der Waals surface area contributed by atoms with Crippen LogP contribution in [-0.4, -0.2) is 39.0 Å². The molecule has 0 atom stereocenters. The minimum absolute atomic E-state index is 0.0339. The molecular formula is C19H19ClN4O3S2. The lowest BCUT2D eigenvalue weighted by atomic mass is 10.2. The van der Waals surface area contributed by atoms with Crippen LogP contribution >= 0.6 is 34.7 Å². The Morgan fingerprint density at radius 3 is 2.83 bits per heavy atom. The number of aromatic nitrogens is 3. The van der Waals surface area contributed by atoms with Crippen LogP contribution < -0.4 is 5.32 Å². The molecule has 0 spiro atoms. The van der Waals surface area contributed by atoms with Crippen LogP contribution in [0.4, 0.5) is 5.69 Å². The number of carbonyl (C=O) groups excluding carboxylic acids is 2. The highest BCUT2D eigenvalue weighted by Gasteiger charge is 2.16. The third-order valence-electron chi connectivity index (χ3n) is 3.91. The Morgan fingerprint density at radius 1 is 1.31 bits per heavy atom. The Bertz CT molecular complexity index is 1010. The third kappa shape index (κ3) is 5.59. The molecule has 0 fully saturated rings. The summed E-state index contributed by atoms with van der Waals surface area (Å²) in [6, 6.07) is 9.11. The van der Waals surface area contributed by atoms with Gasteiger partial charge >= 0.3 is 5.97 Å². The first-order valence-electron chi connectivity index (χ1n) is 8.79. The molecular weight excluding hydrogens is 432 g/mol. The largest absolute Gasteiger partial charge is 0.455 e. The number of ether oxygens (including phenoxy) is 1. The first-order valence-corrected chi connectivity index (χ1v) is 11.0. The van der Waals surface area contributed by atoms with Crippen LogP contribution in [0, 0.1) is 6.92 Å². The minimum Gasteiger partial charge on any atom is -0.455 e. The van der Waals surface area contributed by atoms with Crippen LogP contribution in [0.25, 0.3) is 10.7 Å². The number of aryl methyl sites for hydroxylation is 1. The van der Waals surface area contributed by atoms with Crippen molar-refractivity contribution in [2.24, 2.45) is 0 Å². The van der Waals surface area contributed by atoms with Crippen molar-refractivity contribution in [3.63, 3.8) is 0 Å². The van der Waals surface area contributed by atoms with Gasteiger partial charge in [0.05, 0.1) is 10.6 Å². The average molecular weight is 451 g/mol. The van der Waals surface area contributed by atoms with E-state index in [1.807, 2.05) is 35.9 Å². The van der Waals surface area contributed by atoms with Gasteiger partial charge in [-0.1, -0.05) is 35.5 Å². The third-order valence-corrected chi connectivity index (χ3v) is 6.13. The second kappa shape index (κ2) is 9.91. The van der Waals surface area contributed by atoms with Gasteiger partial charge in [0.25, 0.3) is 5.91 Å². The predicted molar refractivity (Wildman–Crippen MR) is 116 cm³/mol. The van der Waals surface area contributed by atoms with Crippen LogP contribution in [-0.2, 0) is 20.9 Å². The van der Waals surface area contributed by atoms with Gasteiger partial charge in [0.15, 0.2) is 17.6 Å². The van der Waals surface area contributed by atoms with E-state index in [-0.39, 0.29) is 12.4 Å². The molecule has 0 aliphatic rings. The van der Waals surface area contributed by atoms with Gasteiger partial charge in [-0.25, -0.2) is 0 Å². The summed E-state index contributed by atoms with van der Waals surface area (Å²) in [5, 5.41) is 14.2. The van der Waals surface area contributed by atoms with Gasteiger partial charge in [0, 0.05) is 17.3 Å². The van der Waals surface area contributed by atoms with E-state index in [4.69, 9.17) is 16.3 Å². The van der Waals surface area contributed by atoms with Crippen molar-refractivity contribution in [1.82, 2.24) is 14.8 Å². The number of thioether (sulfide) groups is 1. The van der Waals surface area contributed by atoms with Gasteiger partial charge in [-0.2, -0.15) is 0 Å². The second-order valence-corrected chi connectivity index (χ2v) is 8.29. The van der Waals surface area contributed by atoms with Crippen molar-refractivity contribution in [3.8, 4) is 10.7 Å². The van der Waals surface area contributed by atoms with Crippen LogP contribution in [0.1, 0.15) is 12.5 Å². The summed E-state index contributed by atoms with van der Waals surface area (Å²) < 4.78 is 6.99. The number of amides is 1. The van der Waals surface area contributed by atoms with E-state index in [1.165, 1.54) is 11.8 Å². The number of nitrogens with zero attached hydrogens (tertiary/aromatic N) is 3. The van der Waals surface area contributed by atoms with Crippen molar-refractivity contribution in [1.29, 1.82) is 0 Å². The number of carbonyl (C=O) groups is 2. The molecule has 0 bridgehead atoms. The Labute approximate surface area is 181 Å². The van der Waals surface area contributed by atoms with E-state index in [2.05, 4.69) is 15.5 Å². The van der Waals surface area contributed by atoms with Gasteiger partial charge in [-0.15, -0.1) is 21.5 Å². The molecule has 0 radical (unpaired) electrons. The summed E-state index contributed by atoms with van der Waals surface area (Å²) in [7, 11) is 0. The minimum atomic E-state index is -0.504. The summed E-state index contributed by atoms with van der Waals surface area (Å²) in [4.78, 5) is 25.0. The summed E-state index contributed by atoms with van der Waals surface area (Å²) in [5.41, 5.74) is 1.46. The number of benzene rings is 1. The van der Waals surface area contributed by atoms with Crippen LogP contribution in [0.2, 0.25) is 5.02 Å². The lowest BCUT2D eigenvalue weighted by molar-refractivity contribution is -0.144. The molecule has 7 nitrogen and oxygen atoms in total. The molecule has 152 valence electrons. The van der Waals surface area contributed by atoms with Crippen LogP contribution in [0.3, 0.4) is 0 Å². The molecule has 2 aromatic heterocycles. The molecule has 0 saturated heterocycles. The molecule has 3 aromatic rings. The first-order chi connectivity index (χ1) is 14.0.